The summed E-state index contributed by atoms with van der Waals surface area (Å²) in [5.74, 6) is 0. The van der Waals surface area contributed by atoms with Crippen LogP contribution in [0.4, 0.5) is 0 Å². The van der Waals surface area contributed by atoms with Gasteiger partial charge in [0.25, 0.3) is 0 Å². The third kappa shape index (κ3) is 1.49. The molecule has 1 heterocycles. The highest BCUT2D eigenvalue weighted by Crippen LogP contribution is 2.60. The van der Waals surface area contributed by atoms with E-state index in [-0.39, 0.29) is 16.5 Å². The van der Waals surface area contributed by atoms with Gasteiger partial charge in [0.15, 0.2) is 0 Å². The first kappa shape index (κ1) is 10.7. The molecule has 3 heteroatoms. The molecule has 84 valence electrons. The quantitative estimate of drug-likeness (QED) is 0.767. The van der Waals surface area contributed by atoms with Gasteiger partial charge in [-0.2, -0.15) is 5.10 Å². The van der Waals surface area contributed by atoms with Crippen molar-refractivity contribution in [3.05, 3.63) is 18.0 Å². The largest absolute Gasteiger partial charge is 0.321 e. The minimum atomic E-state index is -0.156. The Bertz CT molecular complexity index is 384. The third-order valence-electron chi connectivity index (χ3n) is 3.59. The summed E-state index contributed by atoms with van der Waals surface area (Å²) < 4.78 is 1.99. The molecule has 2 N–H and O–H groups in total. The van der Waals surface area contributed by atoms with Crippen LogP contribution in [0.3, 0.4) is 0 Å². The molecule has 1 aromatic rings. The van der Waals surface area contributed by atoms with Crippen molar-refractivity contribution in [1.82, 2.24) is 9.78 Å². The Balaban J connectivity index is 2.31. The second kappa shape index (κ2) is 2.64. The lowest BCUT2D eigenvalue weighted by atomic mass is 10.00. The van der Waals surface area contributed by atoms with Gasteiger partial charge in [-0.25, -0.2) is 0 Å². The zero-order valence-electron chi connectivity index (χ0n) is 10.3. The molecule has 0 aromatic carbocycles. The molecule has 0 aliphatic heterocycles. The summed E-state index contributed by atoms with van der Waals surface area (Å²) in [5, 5.41) is 4.40. The van der Waals surface area contributed by atoms with Crippen LogP contribution in [0.1, 0.15) is 46.6 Å². The lowest BCUT2D eigenvalue weighted by Crippen LogP contribution is -2.26. The van der Waals surface area contributed by atoms with Crippen LogP contribution >= 0.6 is 0 Å². The zero-order valence-corrected chi connectivity index (χ0v) is 10.3. The average molecular weight is 207 g/mol. The van der Waals surface area contributed by atoms with E-state index in [9.17, 15) is 0 Å². The van der Waals surface area contributed by atoms with Gasteiger partial charge >= 0.3 is 0 Å². The highest BCUT2D eigenvalue weighted by molar-refractivity contribution is 5.31. The predicted octanol–water partition coefficient (Wildman–Crippen LogP) is 2.22. The van der Waals surface area contributed by atoms with Gasteiger partial charge in [-0.3, -0.25) is 4.68 Å². The Morgan fingerprint density at radius 3 is 2.27 bits per heavy atom. The summed E-state index contributed by atoms with van der Waals surface area (Å²) in [6, 6.07) is 0. The molecule has 0 bridgehead atoms. The minimum Gasteiger partial charge on any atom is -0.321 e. The summed E-state index contributed by atoms with van der Waals surface area (Å²) >= 11 is 0. The molecule has 0 amide bonds. The molecular formula is C12H21N3. The average Bonchev–Trinajstić information content (AvgIpc) is 2.51. The van der Waals surface area contributed by atoms with E-state index in [1.807, 2.05) is 10.9 Å². The zero-order chi connectivity index (χ0) is 11.5. The van der Waals surface area contributed by atoms with Crippen LogP contribution in [0.5, 0.6) is 0 Å². The summed E-state index contributed by atoms with van der Waals surface area (Å²) in [6.45, 7) is 10.9. The molecule has 2 rings (SSSR count). The highest BCUT2D eigenvalue weighted by atomic mass is 15.3. The number of hydrogen-bond donors (Lipinski definition) is 1. The SMILES string of the molecule is CC(C)(C)n1cc(C2(N)CC2(C)C)cn1. The van der Waals surface area contributed by atoms with Crippen molar-refractivity contribution in [3.8, 4) is 0 Å². The molecular weight excluding hydrogens is 186 g/mol. The van der Waals surface area contributed by atoms with Crippen LogP contribution in [-0.2, 0) is 11.1 Å². The summed E-state index contributed by atoms with van der Waals surface area (Å²) in [4.78, 5) is 0. The van der Waals surface area contributed by atoms with Gasteiger partial charge in [-0.15, -0.1) is 0 Å². The van der Waals surface area contributed by atoms with Crippen LogP contribution < -0.4 is 5.73 Å². The molecule has 15 heavy (non-hydrogen) atoms. The fraction of sp³-hybridized carbons (Fsp3) is 0.750. The van der Waals surface area contributed by atoms with Gasteiger partial charge in [0, 0.05) is 17.3 Å². The van der Waals surface area contributed by atoms with Crippen LogP contribution in [0.15, 0.2) is 12.4 Å². The van der Waals surface area contributed by atoms with Crippen LogP contribution in [0.2, 0.25) is 0 Å². The van der Waals surface area contributed by atoms with E-state index >= 15 is 0 Å². The Morgan fingerprint density at radius 1 is 1.40 bits per heavy atom. The summed E-state index contributed by atoms with van der Waals surface area (Å²) in [5.41, 5.74) is 7.62. The fourth-order valence-corrected chi connectivity index (χ4v) is 2.07. The van der Waals surface area contributed by atoms with E-state index in [4.69, 9.17) is 5.73 Å². The van der Waals surface area contributed by atoms with E-state index in [1.165, 1.54) is 5.56 Å². The third-order valence-corrected chi connectivity index (χ3v) is 3.59. The molecule has 0 radical (unpaired) electrons. The smallest absolute Gasteiger partial charge is 0.0543 e. The molecule has 1 saturated carbocycles. The second-order valence-corrected chi connectivity index (χ2v) is 6.38. The van der Waals surface area contributed by atoms with Crippen LogP contribution in [-0.4, -0.2) is 9.78 Å². The summed E-state index contributed by atoms with van der Waals surface area (Å²) in [6.07, 6.45) is 5.06. The monoisotopic (exact) mass is 207 g/mol. The van der Waals surface area contributed by atoms with Crippen LogP contribution in [0.25, 0.3) is 0 Å². The van der Waals surface area contributed by atoms with Gasteiger partial charge in [0.2, 0.25) is 0 Å². The molecule has 1 aliphatic carbocycles. The Hall–Kier alpha value is -0.830. The number of aromatic nitrogens is 2. The highest BCUT2D eigenvalue weighted by Gasteiger charge is 2.60. The van der Waals surface area contributed by atoms with Crippen LogP contribution in [0, 0.1) is 5.41 Å². The van der Waals surface area contributed by atoms with E-state index in [2.05, 4.69) is 45.9 Å². The first-order chi connectivity index (χ1) is 6.67. The standard InChI is InChI=1S/C12H21N3/c1-10(2,3)15-7-9(6-14-15)12(13)8-11(12,4)5/h6-7H,8,13H2,1-5H3. The second-order valence-electron chi connectivity index (χ2n) is 6.38. The predicted molar refractivity (Wildman–Crippen MR) is 61.5 cm³/mol. The molecule has 1 aromatic heterocycles. The van der Waals surface area contributed by atoms with Gasteiger partial charge in [0.05, 0.1) is 11.7 Å². The number of rotatable bonds is 1. The van der Waals surface area contributed by atoms with Crippen molar-refractivity contribution >= 4 is 0 Å². The van der Waals surface area contributed by atoms with Crippen molar-refractivity contribution in [1.29, 1.82) is 0 Å². The van der Waals surface area contributed by atoms with Gasteiger partial charge in [0.1, 0.15) is 0 Å². The maximum absolute atomic E-state index is 6.35. The van der Waals surface area contributed by atoms with Gasteiger partial charge < -0.3 is 5.73 Å². The Labute approximate surface area is 91.7 Å². The van der Waals surface area contributed by atoms with Crippen molar-refractivity contribution in [3.63, 3.8) is 0 Å². The first-order valence-electron chi connectivity index (χ1n) is 5.51. The van der Waals surface area contributed by atoms with Crippen molar-refractivity contribution in [2.45, 2.75) is 52.1 Å². The molecule has 1 aliphatic rings. The topological polar surface area (TPSA) is 43.8 Å². The number of nitrogens with two attached hydrogens (primary N) is 1. The normalized spacial score (nSPS) is 29.2. The molecule has 3 nitrogen and oxygen atoms in total. The van der Waals surface area contributed by atoms with Crippen molar-refractivity contribution < 1.29 is 0 Å². The Morgan fingerprint density at radius 2 is 1.93 bits per heavy atom. The minimum absolute atomic E-state index is 0.0354. The maximum Gasteiger partial charge on any atom is 0.0543 e. The van der Waals surface area contributed by atoms with E-state index in [1.54, 1.807) is 0 Å². The first-order valence-corrected chi connectivity index (χ1v) is 5.51. The van der Waals surface area contributed by atoms with Crippen molar-refractivity contribution in [2.24, 2.45) is 11.1 Å². The van der Waals surface area contributed by atoms with Gasteiger partial charge in [-0.05, 0) is 32.6 Å². The molecule has 1 unspecified atom stereocenters. The lowest BCUT2D eigenvalue weighted by Gasteiger charge is -2.19. The van der Waals surface area contributed by atoms with E-state index in [0.717, 1.165) is 6.42 Å². The lowest BCUT2D eigenvalue weighted by molar-refractivity contribution is 0.354. The maximum atomic E-state index is 6.35. The molecule has 0 saturated heterocycles. The van der Waals surface area contributed by atoms with E-state index in [0.29, 0.717) is 0 Å². The fourth-order valence-electron chi connectivity index (χ4n) is 2.07. The van der Waals surface area contributed by atoms with Crippen molar-refractivity contribution in [2.75, 3.05) is 0 Å². The molecule has 1 atom stereocenters. The Kier molecular flexibility index (Phi) is 1.88. The molecule has 1 fully saturated rings. The molecule has 0 spiro atoms. The summed E-state index contributed by atoms with van der Waals surface area (Å²) in [7, 11) is 0. The number of hydrogen-bond acceptors (Lipinski definition) is 2. The number of nitrogens with zero attached hydrogens (tertiary/aromatic N) is 2. The van der Waals surface area contributed by atoms with Gasteiger partial charge in [-0.1, -0.05) is 13.8 Å². The van der Waals surface area contributed by atoms with E-state index < -0.39 is 0 Å².